The minimum Gasteiger partial charge on any atom is -0.491 e. The van der Waals surface area contributed by atoms with Gasteiger partial charge < -0.3 is 14.6 Å². The van der Waals surface area contributed by atoms with Crippen molar-refractivity contribution in [1.29, 1.82) is 0 Å². The van der Waals surface area contributed by atoms with Crippen LogP contribution in [-0.2, 0) is 6.54 Å². The van der Waals surface area contributed by atoms with Crippen LogP contribution in [-0.4, -0.2) is 22.2 Å². The number of rotatable bonds is 6. The van der Waals surface area contributed by atoms with Crippen LogP contribution in [0.2, 0.25) is 0 Å². The third kappa shape index (κ3) is 4.44. The molecule has 0 fully saturated rings. The van der Waals surface area contributed by atoms with Gasteiger partial charge >= 0.3 is 11.8 Å². The summed E-state index contributed by atoms with van der Waals surface area (Å²) < 4.78 is 23.5. The summed E-state index contributed by atoms with van der Waals surface area (Å²) in [6.07, 6.45) is 0.0856. The van der Waals surface area contributed by atoms with Crippen molar-refractivity contribution in [2.75, 3.05) is 0 Å². The van der Waals surface area contributed by atoms with Crippen LogP contribution in [0.25, 0.3) is 11.4 Å². The topological polar surface area (TPSA) is 77.2 Å². The van der Waals surface area contributed by atoms with Gasteiger partial charge in [-0.05, 0) is 55.8 Å². The third-order valence-corrected chi connectivity index (χ3v) is 3.47. The highest BCUT2D eigenvalue weighted by Gasteiger charge is 2.16. The Kier molecular flexibility index (Phi) is 5.26. The van der Waals surface area contributed by atoms with Crippen LogP contribution in [0.1, 0.15) is 30.1 Å². The van der Waals surface area contributed by atoms with E-state index in [1.807, 2.05) is 13.8 Å². The Morgan fingerprint density at radius 1 is 1.15 bits per heavy atom. The molecular formula is C19H18FN3O3. The Bertz CT molecular complexity index is 874. The van der Waals surface area contributed by atoms with Gasteiger partial charge in [0.25, 0.3) is 0 Å². The highest BCUT2D eigenvalue weighted by atomic mass is 19.1. The number of hydrogen-bond acceptors (Lipinski definition) is 5. The molecule has 134 valence electrons. The van der Waals surface area contributed by atoms with Gasteiger partial charge in [0.15, 0.2) is 0 Å². The average Bonchev–Trinajstić information content (AvgIpc) is 3.11. The molecule has 26 heavy (non-hydrogen) atoms. The lowest BCUT2D eigenvalue weighted by atomic mass is 10.2. The van der Waals surface area contributed by atoms with Gasteiger partial charge in [-0.1, -0.05) is 17.3 Å². The summed E-state index contributed by atoms with van der Waals surface area (Å²) in [5, 5.41) is 6.48. The van der Waals surface area contributed by atoms with Gasteiger partial charge in [0.1, 0.15) is 11.6 Å². The molecular weight excluding hydrogens is 337 g/mol. The van der Waals surface area contributed by atoms with E-state index in [2.05, 4.69) is 15.5 Å². The monoisotopic (exact) mass is 355 g/mol. The first-order chi connectivity index (χ1) is 12.5. The molecule has 6 nitrogen and oxygen atoms in total. The fraction of sp³-hybridized carbons (Fsp3) is 0.211. The van der Waals surface area contributed by atoms with Crippen molar-refractivity contribution < 1.29 is 18.4 Å². The van der Waals surface area contributed by atoms with Gasteiger partial charge in [0.05, 0.1) is 6.10 Å². The van der Waals surface area contributed by atoms with Crippen LogP contribution in [0.3, 0.4) is 0 Å². The highest BCUT2D eigenvalue weighted by Crippen LogP contribution is 2.20. The van der Waals surface area contributed by atoms with Crippen molar-refractivity contribution >= 4 is 5.91 Å². The van der Waals surface area contributed by atoms with E-state index in [0.29, 0.717) is 11.4 Å². The Morgan fingerprint density at radius 2 is 1.85 bits per heavy atom. The smallest absolute Gasteiger partial charge is 0.316 e. The van der Waals surface area contributed by atoms with Gasteiger partial charge in [-0.2, -0.15) is 4.98 Å². The molecule has 0 unspecified atom stereocenters. The zero-order chi connectivity index (χ0) is 18.5. The van der Waals surface area contributed by atoms with E-state index in [0.717, 1.165) is 11.3 Å². The van der Waals surface area contributed by atoms with E-state index in [1.165, 1.54) is 12.1 Å². The van der Waals surface area contributed by atoms with Gasteiger partial charge in [-0.3, -0.25) is 4.79 Å². The number of hydrogen-bond donors (Lipinski definition) is 1. The summed E-state index contributed by atoms with van der Waals surface area (Å²) in [5.74, 6) is 0.0985. The summed E-state index contributed by atoms with van der Waals surface area (Å²) >= 11 is 0. The zero-order valence-electron chi connectivity index (χ0n) is 14.4. The number of nitrogens with zero attached hydrogens (tertiary/aromatic N) is 2. The maximum Gasteiger partial charge on any atom is 0.316 e. The predicted octanol–water partition coefficient (Wildman–Crippen LogP) is 3.59. The molecule has 3 aromatic rings. The molecule has 0 aliphatic rings. The van der Waals surface area contributed by atoms with E-state index >= 15 is 0 Å². The number of aromatic nitrogens is 2. The summed E-state index contributed by atoms with van der Waals surface area (Å²) in [5.41, 5.74) is 1.47. The second kappa shape index (κ2) is 7.77. The van der Waals surface area contributed by atoms with E-state index in [1.54, 1.807) is 36.4 Å². The molecule has 0 radical (unpaired) electrons. The standard InChI is InChI=1S/C19H18FN3O3/c1-12(2)25-16-9-5-14(6-10-16)17-22-19(26-23-17)18(24)21-11-13-3-7-15(20)8-4-13/h3-10,12H,11H2,1-2H3,(H,21,24). The summed E-state index contributed by atoms with van der Waals surface area (Å²) in [7, 11) is 0. The van der Waals surface area contributed by atoms with E-state index in [9.17, 15) is 9.18 Å². The normalized spacial score (nSPS) is 10.8. The van der Waals surface area contributed by atoms with Crippen LogP contribution in [0.4, 0.5) is 4.39 Å². The number of carbonyl (C=O) groups excluding carboxylic acids is 1. The van der Waals surface area contributed by atoms with Crippen molar-refractivity contribution in [3.63, 3.8) is 0 Å². The van der Waals surface area contributed by atoms with Crippen molar-refractivity contribution in [1.82, 2.24) is 15.5 Å². The maximum atomic E-state index is 12.9. The van der Waals surface area contributed by atoms with Crippen molar-refractivity contribution in [3.05, 3.63) is 65.8 Å². The van der Waals surface area contributed by atoms with E-state index in [4.69, 9.17) is 9.26 Å². The average molecular weight is 355 g/mol. The van der Waals surface area contributed by atoms with Crippen LogP contribution in [0.5, 0.6) is 5.75 Å². The van der Waals surface area contributed by atoms with Gasteiger partial charge in [-0.25, -0.2) is 4.39 Å². The second-order valence-electron chi connectivity index (χ2n) is 5.92. The van der Waals surface area contributed by atoms with Gasteiger partial charge in [0.2, 0.25) is 5.82 Å². The molecule has 1 aromatic heterocycles. The molecule has 2 aromatic carbocycles. The molecule has 0 bridgehead atoms. The first-order valence-corrected chi connectivity index (χ1v) is 8.14. The number of carbonyl (C=O) groups is 1. The first-order valence-electron chi connectivity index (χ1n) is 8.14. The number of benzene rings is 2. The number of ether oxygens (including phenoxy) is 1. The van der Waals surface area contributed by atoms with Crippen LogP contribution in [0, 0.1) is 5.82 Å². The maximum absolute atomic E-state index is 12.9. The van der Waals surface area contributed by atoms with E-state index in [-0.39, 0.29) is 24.4 Å². The first kappa shape index (κ1) is 17.6. The molecule has 7 heteroatoms. The Balaban J connectivity index is 1.63. The lowest BCUT2D eigenvalue weighted by Gasteiger charge is -2.09. The Labute approximate surface area is 150 Å². The summed E-state index contributed by atoms with van der Waals surface area (Å²) in [4.78, 5) is 16.2. The van der Waals surface area contributed by atoms with Crippen LogP contribution in [0.15, 0.2) is 53.1 Å². The molecule has 0 saturated carbocycles. The SMILES string of the molecule is CC(C)Oc1ccc(-c2noc(C(=O)NCc3ccc(F)cc3)n2)cc1. The number of halogens is 1. The minimum absolute atomic E-state index is 0.0856. The van der Waals surface area contributed by atoms with Crippen molar-refractivity contribution in [2.24, 2.45) is 0 Å². The molecule has 1 N–H and O–H groups in total. The second-order valence-corrected chi connectivity index (χ2v) is 5.92. The quantitative estimate of drug-likeness (QED) is 0.731. The molecule has 0 aliphatic carbocycles. The Hall–Kier alpha value is -3.22. The highest BCUT2D eigenvalue weighted by molar-refractivity contribution is 5.89. The minimum atomic E-state index is -0.493. The van der Waals surface area contributed by atoms with Gasteiger partial charge in [-0.15, -0.1) is 0 Å². The molecule has 1 amide bonds. The molecule has 3 rings (SSSR count). The summed E-state index contributed by atoms with van der Waals surface area (Å²) in [6, 6.07) is 13.1. The molecule has 0 spiro atoms. The predicted molar refractivity (Wildman–Crippen MR) is 93.1 cm³/mol. The molecule has 1 heterocycles. The van der Waals surface area contributed by atoms with Gasteiger partial charge in [0, 0.05) is 12.1 Å². The Morgan fingerprint density at radius 3 is 2.50 bits per heavy atom. The van der Waals surface area contributed by atoms with Crippen LogP contribution < -0.4 is 10.1 Å². The zero-order valence-corrected chi connectivity index (χ0v) is 14.4. The lowest BCUT2D eigenvalue weighted by molar-refractivity contribution is 0.0907. The molecule has 0 saturated heterocycles. The largest absolute Gasteiger partial charge is 0.491 e. The molecule has 0 aliphatic heterocycles. The van der Waals surface area contributed by atoms with Crippen molar-refractivity contribution in [2.45, 2.75) is 26.5 Å². The van der Waals surface area contributed by atoms with Crippen molar-refractivity contribution in [3.8, 4) is 17.1 Å². The van der Waals surface area contributed by atoms with Crippen LogP contribution >= 0.6 is 0 Å². The number of nitrogens with one attached hydrogen (secondary N) is 1. The van der Waals surface area contributed by atoms with E-state index < -0.39 is 5.91 Å². The fourth-order valence-corrected chi connectivity index (χ4v) is 2.25. The summed E-state index contributed by atoms with van der Waals surface area (Å²) in [6.45, 7) is 4.13. The molecule has 0 atom stereocenters. The third-order valence-electron chi connectivity index (χ3n) is 3.47. The fourth-order valence-electron chi connectivity index (χ4n) is 2.25. The number of amides is 1. The lowest BCUT2D eigenvalue weighted by Crippen LogP contribution is -2.23.